The molecule has 0 amide bonds. The Bertz CT molecular complexity index is 1340. The monoisotopic (exact) mass is 530 g/mol. The van der Waals surface area contributed by atoms with E-state index in [4.69, 9.17) is 37.7 Å². The quantitative estimate of drug-likeness (QED) is 0.216. The molecule has 182 valence electrons. The Kier molecular flexibility index (Phi) is 7.64. The van der Waals surface area contributed by atoms with Gasteiger partial charge in [-0.05, 0) is 59.7 Å². The van der Waals surface area contributed by atoms with Crippen LogP contribution in [-0.4, -0.2) is 23.8 Å². The van der Waals surface area contributed by atoms with E-state index < -0.39 is 5.41 Å². The highest BCUT2D eigenvalue weighted by molar-refractivity contribution is 7.98. The number of rotatable bonds is 8. The third kappa shape index (κ3) is 5.30. The van der Waals surface area contributed by atoms with Crippen molar-refractivity contribution in [3.05, 3.63) is 99.5 Å². The maximum absolute atomic E-state index is 13.7. The van der Waals surface area contributed by atoms with Gasteiger partial charge in [-0.25, -0.2) is 9.37 Å². The average molecular weight is 531 g/mol. The van der Waals surface area contributed by atoms with Crippen molar-refractivity contribution in [2.75, 3.05) is 14.2 Å². The number of ether oxygens (including phenoxy) is 2. The molecule has 3 aromatic carbocycles. The van der Waals surface area contributed by atoms with Crippen LogP contribution in [0.4, 0.5) is 4.39 Å². The molecule has 1 aromatic heterocycles. The van der Waals surface area contributed by atoms with E-state index in [9.17, 15) is 4.39 Å². The van der Waals surface area contributed by atoms with Gasteiger partial charge in [-0.15, -0.1) is 0 Å². The van der Waals surface area contributed by atoms with Crippen molar-refractivity contribution >= 4 is 35.0 Å². The molecule has 0 saturated heterocycles. The fourth-order valence-electron chi connectivity index (χ4n) is 3.87. The molecule has 0 atom stereocenters. The van der Waals surface area contributed by atoms with E-state index in [2.05, 4.69) is 18.4 Å². The lowest BCUT2D eigenvalue weighted by atomic mass is 9.81. The van der Waals surface area contributed by atoms with Crippen molar-refractivity contribution in [1.82, 2.24) is 9.55 Å². The average Bonchev–Trinajstić information content (AvgIpc) is 3.29. The van der Waals surface area contributed by atoms with Crippen LogP contribution in [0.15, 0.2) is 72.0 Å². The maximum Gasteiger partial charge on any atom is 0.173 e. The third-order valence-electron chi connectivity index (χ3n) is 5.91. The topological polar surface area (TPSA) is 36.3 Å². The molecule has 0 radical (unpaired) electrons. The third-order valence-corrected chi connectivity index (χ3v) is 7.67. The Hall–Kier alpha value is -2.67. The first kappa shape index (κ1) is 25.4. The van der Waals surface area contributed by atoms with Gasteiger partial charge in [-0.1, -0.05) is 60.9 Å². The van der Waals surface area contributed by atoms with Crippen molar-refractivity contribution in [3.63, 3.8) is 0 Å². The number of hydrogen-bond acceptors (Lipinski definition) is 4. The second-order valence-corrected chi connectivity index (χ2v) is 10.2. The van der Waals surface area contributed by atoms with Gasteiger partial charge in [0.2, 0.25) is 0 Å². The van der Waals surface area contributed by atoms with Crippen molar-refractivity contribution < 1.29 is 13.9 Å². The largest absolute Gasteiger partial charge is 0.493 e. The van der Waals surface area contributed by atoms with Crippen molar-refractivity contribution in [2.24, 2.45) is 0 Å². The summed E-state index contributed by atoms with van der Waals surface area (Å²) in [5.41, 5.74) is 3.37. The minimum Gasteiger partial charge on any atom is -0.493 e. The van der Waals surface area contributed by atoms with Gasteiger partial charge in [0.15, 0.2) is 16.7 Å². The highest BCUT2D eigenvalue weighted by atomic mass is 35.5. The first-order valence-corrected chi connectivity index (χ1v) is 12.6. The number of halogens is 3. The Morgan fingerprint density at radius 2 is 1.63 bits per heavy atom. The van der Waals surface area contributed by atoms with Crippen LogP contribution in [0.25, 0.3) is 5.69 Å². The molecule has 4 rings (SSSR count). The number of imidazole rings is 1. The van der Waals surface area contributed by atoms with Crippen LogP contribution in [-0.2, 0) is 11.2 Å². The zero-order valence-corrected chi connectivity index (χ0v) is 22.1. The first-order valence-electron chi connectivity index (χ1n) is 10.9. The van der Waals surface area contributed by atoms with Gasteiger partial charge in [0.25, 0.3) is 0 Å². The van der Waals surface area contributed by atoms with Gasteiger partial charge in [-0.2, -0.15) is 0 Å². The molecule has 8 heteroatoms. The van der Waals surface area contributed by atoms with Crippen LogP contribution in [0.1, 0.15) is 30.7 Å². The summed E-state index contributed by atoms with van der Waals surface area (Å²) in [6.07, 6.45) is 1.87. The van der Waals surface area contributed by atoms with E-state index in [0.29, 0.717) is 27.3 Å². The molecule has 4 nitrogen and oxygen atoms in total. The molecule has 0 N–H and O–H groups in total. The van der Waals surface area contributed by atoms with Crippen LogP contribution < -0.4 is 9.47 Å². The molecule has 35 heavy (non-hydrogen) atoms. The Balaban J connectivity index is 1.77. The van der Waals surface area contributed by atoms with Gasteiger partial charge in [0, 0.05) is 16.9 Å². The predicted molar refractivity (Wildman–Crippen MR) is 141 cm³/mol. The second kappa shape index (κ2) is 10.5. The lowest BCUT2D eigenvalue weighted by Gasteiger charge is -2.28. The number of methoxy groups -OCH3 is 2. The number of nitrogens with zero attached hydrogens (tertiary/aromatic N) is 2. The van der Waals surface area contributed by atoms with Crippen LogP contribution >= 0.6 is 35.0 Å². The van der Waals surface area contributed by atoms with Crippen LogP contribution in [0, 0.1) is 5.82 Å². The van der Waals surface area contributed by atoms with Crippen LogP contribution in [0.2, 0.25) is 10.0 Å². The summed E-state index contributed by atoms with van der Waals surface area (Å²) in [6.45, 7) is 4.25. The molecule has 0 saturated carbocycles. The van der Waals surface area contributed by atoms with Gasteiger partial charge < -0.3 is 9.47 Å². The van der Waals surface area contributed by atoms with E-state index in [1.807, 2.05) is 36.5 Å². The summed E-state index contributed by atoms with van der Waals surface area (Å²) in [4.78, 5) is 4.76. The second-order valence-electron chi connectivity index (χ2n) is 8.47. The van der Waals surface area contributed by atoms with E-state index >= 15 is 0 Å². The summed E-state index contributed by atoms with van der Waals surface area (Å²) in [5.74, 6) is 1.67. The molecule has 1 heterocycles. The zero-order valence-electron chi connectivity index (χ0n) is 19.8. The van der Waals surface area contributed by atoms with Gasteiger partial charge in [0.05, 0.1) is 36.2 Å². The number of aromatic nitrogens is 2. The molecule has 0 bridgehead atoms. The Labute approximate surface area is 219 Å². The van der Waals surface area contributed by atoms with Gasteiger partial charge >= 0.3 is 0 Å². The molecule has 0 unspecified atom stereocenters. The molecule has 0 aliphatic carbocycles. The lowest BCUT2D eigenvalue weighted by molar-refractivity contribution is 0.353. The highest BCUT2D eigenvalue weighted by Gasteiger charge is 2.30. The van der Waals surface area contributed by atoms with E-state index in [1.165, 1.54) is 12.1 Å². The number of hydrogen-bond donors (Lipinski definition) is 0. The van der Waals surface area contributed by atoms with Crippen LogP contribution in [0.5, 0.6) is 11.5 Å². The smallest absolute Gasteiger partial charge is 0.173 e. The summed E-state index contributed by atoms with van der Waals surface area (Å²) in [6, 6.07) is 17.9. The first-order chi connectivity index (χ1) is 16.7. The Morgan fingerprint density at radius 1 is 0.914 bits per heavy atom. The van der Waals surface area contributed by atoms with E-state index in [0.717, 1.165) is 27.7 Å². The summed E-state index contributed by atoms with van der Waals surface area (Å²) in [5, 5.41) is 1.82. The van der Waals surface area contributed by atoms with Crippen LogP contribution in [0.3, 0.4) is 0 Å². The molecular weight excluding hydrogens is 506 g/mol. The summed E-state index contributed by atoms with van der Waals surface area (Å²) in [7, 11) is 3.23. The summed E-state index contributed by atoms with van der Waals surface area (Å²) >= 11 is 13.8. The minimum atomic E-state index is -0.455. The van der Waals surface area contributed by atoms with Gasteiger partial charge in [0.1, 0.15) is 5.82 Å². The van der Waals surface area contributed by atoms with E-state index in [-0.39, 0.29) is 5.82 Å². The molecular formula is C27H25Cl2FN2O2S. The highest BCUT2D eigenvalue weighted by Crippen LogP contribution is 2.40. The lowest BCUT2D eigenvalue weighted by Crippen LogP contribution is -2.23. The normalized spacial score (nSPS) is 11.5. The van der Waals surface area contributed by atoms with Crippen molar-refractivity contribution in [1.29, 1.82) is 0 Å². The molecule has 4 aromatic rings. The fraction of sp³-hybridized carbons (Fsp3) is 0.222. The van der Waals surface area contributed by atoms with Crippen molar-refractivity contribution in [2.45, 2.75) is 30.2 Å². The van der Waals surface area contributed by atoms with Crippen molar-refractivity contribution in [3.8, 4) is 17.2 Å². The Morgan fingerprint density at radius 3 is 2.29 bits per heavy atom. The SMILES string of the molecule is COc1ccc(C(C)(C)c2cnc(SCc3ccc(Cl)c(Cl)c3)n2-c2ccc(F)cc2)cc1OC. The maximum atomic E-state index is 13.7. The van der Waals surface area contributed by atoms with Gasteiger partial charge in [-0.3, -0.25) is 4.57 Å². The number of thioether (sulfide) groups is 1. The van der Waals surface area contributed by atoms with E-state index in [1.54, 1.807) is 44.2 Å². The number of benzene rings is 3. The zero-order chi connectivity index (χ0) is 25.2. The molecule has 0 fully saturated rings. The molecule has 0 aliphatic rings. The standard InChI is InChI=1S/C27H25Cl2FN2O2S/c1-27(2,18-6-12-23(33-3)24(14-18)34-4)25-15-31-26(32(25)20-9-7-19(30)8-10-20)35-16-17-5-11-21(28)22(29)13-17/h5-15H,16H2,1-4H3. The molecule has 0 aliphatic heterocycles. The fourth-order valence-corrected chi connectivity index (χ4v) is 5.12. The minimum absolute atomic E-state index is 0.292. The summed E-state index contributed by atoms with van der Waals surface area (Å²) < 4.78 is 26.8. The predicted octanol–water partition coefficient (Wildman–Crippen LogP) is 7.95. The molecule has 0 spiro atoms.